The highest BCUT2D eigenvalue weighted by atomic mass is 32.2. The zero-order valence-electron chi connectivity index (χ0n) is 13.5. The van der Waals surface area contributed by atoms with Gasteiger partial charge in [-0.05, 0) is 36.1 Å². The number of hydrogen-bond acceptors (Lipinski definition) is 4. The van der Waals surface area contributed by atoms with Gasteiger partial charge in [0, 0.05) is 11.0 Å². The molecule has 5 nitrogen and oxygen atoms in total. The molecule has 3 rings (SSSR count). The van der Waals surface area contributed by atoms with Crippen molar-refractivity contribution in [1.29, 1.82) is 5.26 Å². The van der Waals surface area contributed by atoms with Crippen molar-refractivity contribution in [2.24, 2.45) is 0 Å². The van der Waals surface area contributed by atoms with Gasteiger partial charge in [0.2, 0.25) is 0 Å². The molecule has 0 radical (unpaired) electrons. The van der Waals surface area contributed by atoms with Gasteiger partial charge >= 0.3 is 5.69 Å². The van der Waals surface area contributed by atoms with Gasteiger partial charge in [0.25, 0.3) is 5.56 Å². The Morgan fingerprint density at radius 1 is 1.04 bits per heavy atom. The first-order valence-electron chi connectivity index (χ1n) is 7.59. The molecule has 0 spiro atoms. The number of nitriles is 1. The smallest absolute Gasteiger partial charge is 0.269 e. The predicted molar refractivity (Wildman–Crippen MR) is 99.1 cm³/mol. The fourth-order valence-electron chi connectivity index (χ4n) is 2.60. The molecule has 2 aromatic carbocycles. The lowest BCUT2D eigenvalue weighted by Gasteiger charge is -2.15. The number of nitrogens with zero attached hydrogens (tertiary/aromatic N) is 3. The van der Waals surface area contributed by atoms with Crippen molar-refractivity contribution in [3.63, 3.8) is 0 Å². The van der Waals surface area contributed by atoms with Gasteiger partial charge in [-0.15, -0.1) is 11.8 Å². The maximum absolute atomic E-state index is 12.9. The van der Waals surface area contributed by atoms with Gasteiger partial charge in [-0.2, -0.15) is 5.26 Å². The van der Waals surface area contributed by atoms with Crippen molar-refractivity contribution in [1.82, 2.24) is 9.13 Å². The summed E-state index contributed by atoms with van der Waals surface area (Å²) in [5, 5.41) is 8.92. The minimum absolute atomic E-state index is 0.282. The number of benzene rings is 2. The zero-order chi connectivity index (χ0) is 17.8. The van der Waals surface area contributed by atoms with Crippen LogP contribution in [-0.2, 0) is 6.54 Å². The first-order valence-corrected chi connectivity index (χ1v) is 8.82. The van der Waals surface area contributed by atoms with Crippen LogP contribution in [-0.4, -0.2) is 15.4 Å². The van der Waals surface area contributed by atoms with E-state index >= 15 is 0 Å². The topological polar surface area (TPSA) is 67.8 Å². The van der Waals surface area contributed by atoms with Crippen LogP contribution in [0.2, 0.25) is 0 Å². The molecule has 1 heterocycles. The van der Waals surface area contributed by atoms with Crippen LogP contribution < -0.4 is 11.2 Å². The summed E-state index contributed by atoms with van der Waals surface area (Å²) in [4.78, 5) is 26.3. The molecule has 0 fully saturated rings. The molecule has 1 aromatic heterocycles. The molecular formula is C19H15N3O2S. The second kappa shape index (κ2) is 7.24. The summed E-state index contributed by atoms with van der Waals surface area (Å²) in [6, 6.07) is 20.0. The van der Waals surface area contributed by atoms with Crippen LogP contribution in [0, 0.1) is 11.3 Å². The van der Waals surface area contributed by atoms with Crippen molar-refractivity contribution in [2.75, 3.05) is 6.26 Å². The van der Waals surface area contributed by atoms with E-state index in [1.807, 2.05) is 66.9 Å². The van der Waals surface area contributed by atoms with Crippen LogP contribution in [0.25, 0.3) is 16.9 Å². The maximum atomic E-state index is 12.9. The Bertz CT molecular complexity index is 1050. The van der Waals surface area contributed by atoms with Gasteiger partial charge in [-0.25, -0.2) is 9.36 Å². The molecule has 0 N–H and O–H groups in total. The molecule has 124 valence electrons. The van der Waals surface area contributed by atoms with Gasteiger partial charge in [0.1, 0.15) is 6.54 Å². The second-order valence-corrected chi connectivity index (χ2v) is 6.17. The van der Waals surface area contributed by atoms with Crippen LogP contribution >= 0.6 is 11.8 Å². The number of thioether (sulfide) groups is 1. The van der Waals surface area contributed by atoms with Gasteiger partial charge in [0.05, 0.1) is 17.5 Å². The normalized spacial score (nSPS) is 10.4. The molecule has 0 aliphatic rings. The van der Waals surface area contributed by atoms with E-state index in [4.69, 9.17) is 5.26 Å². The van der Waals surface area contributed by atoms with Crippen LogP contribution in [0.1, 0.15) is 0 Å². The Morgan fingerprint density at radius 3 is 2.32 bits per heavy atom. The number of aromatic nitrogens is 2. The summed E-state index contributed by atoms with van der Waals surface area (Å²) in [5.41, 5.74) is 0.900. The second-order valence-electron chi connectivity index (χ2n) is 5.29. The Labute approximate surface area is 148 Å². The van der Waals surface area contributed by atoms with E-state index in [1.165, 1.54) is 10.6 Å². The van der Waals surface area contributed by atoms with E-state index < -0.39 is 11.2 Å². The van der Waals surface area contributed by atoms with Gasteiger partial charge < -0.3 is 0 Å². The first kappa shape index (κ1) is 16.8. The molecule has 0 atom stereocenters. The Hall–Kier alpha value is -3.04. The molecule has 0 bridgehead atoms. The fourth-order valence-corrected chi connectivity index (χ4v) is 3.00. The van der Waals surface area contributed by atoms with E-state index in [0.29, 0.717) is 11.4 Å². The highest BCUT2D eigenvalue weighted by Gasteiger charge is 2.14. The minimum Gasteiger partial charge on any atom is -0.269 e. The molecule has 25 heavy (non-hydrogen) atoms. The number of rotatable bonds is 4. The third kappa shape index (κ3) is 3.28. The van der Waals surface area contributed by atoms with Gasteiger partial charge in [0.15, 0.2) is 0 Å². The third-order valence-electron chi connectivity index (χ3n) is 3.82. The maximum Gasteiger partial charge on any atom is 0.337 e. The Kier molecular flexibility index (Phi) is 4.87. The quantitative estimate of drug-likeness (QED) is 0.679. The van der Waals surface area contributed by atoms with E-state index in [1.54, 1.807) is 11.8 Å². The van der Waals surface area contributed by atoms with Gasteiger partial charge in [-0.3, -0.25) is 9.36 Å². The molecule has 6 heteroatoms. The molecule has 0 saturated heterocycles. The Morgan fingerprint density at radius 2 is 1.72 bits per heavy atom. The summed E-state index contributed by atoms with van der Waals surface area (Å²) in [6.45, 7) is -0.282. The average molecular weight is 349 g/mol. The van der Waals surface area contributed by atoms with E-state index in [0.717, 1.165) is 15.0 Å². The van der Waals surface area contributed by atoms with Crippen molar-refractivity contribution in [3.8, 4) is 23.0 Å². The van der Waals surface area contributed by atoms with Crippen LogP contribution in [0.3, 0.4) is 0 Å². The minimum atomic E-state index is -0.523. The van der Waals surface area contributed by atoms with Crippen molar-refractivity contribution in [3.05, 3.63) is 81.5 Å². The average Bonchev–Trinajstić information content (AvgIpc) is 2.65. The zero-order valence-corrected chi connectivity index (χ0v) is 14.4. The predicted octanol–water partition coefficient (Wildman–Crippen LogP) is 2.91. The summed E-state index contributed by atoms with van der Waals surface area (Å²) in [7, 11) is 0. The third-order valence-corrected chi connectivity index (χ3v) is 4.56. The molecular weight excluding hydrogens is 334 g/mol. The first-order chi connectivity index (χ1) is 12.2. The van der Waals surface area contributed by atoms with Gasteiger partial charge in [-0.1, -0.05) is 30.3 Å². The van der Waals surface area contributed by atoms with Crippen molar-refractivity contribution < 1.29 is 0 Å². The largest absolute Gasteiger partial charge is 0.337 e. The summed E-state index contributed by atoms with van der Waals surface area (Å²) in [5.74, 6) is 0. The van der Waals surface area contributed by atoms with Crippen molar-refractivity contribution >= 4 is 11.8 Å². The fraction of sp³-hybridized carbons (Fsp3) is 0.105. The van der Waals surface area contributed by atoms with E-state index in [2.05, 4.69) is 0 Å². The highest BCUT2D eigenvalue weighted by molar-refractivity contribution is 7.98. The molecule has 0 saturated carbocycles. The van der Waals surface area contributed by atoms with Crippen molar-refractivity contribution in [2.45, 2.75) is 11.4 Å². The van der Waals surface area contributed by atoms with E-state index in [-0.39, 0.29) is 6.54 Å². The molecule has 0 amide bonds. The Balaban J connectivity index is 2.33. The monoisotopic (exact) mass is 349 g/mol. The summed E-state index contributed by atoms with van der Waals surface area (Å²) >= 11 is 1.61. The molecule has 0 unspecified atom stereocenters. The summed E-state index contributed by atoms with van der Waals surface area (Å²) in [6.07, 6.45) is 1.98. The van der Waals surface area contributed by atoms with Crippen LogP contribution in [0.5, 0.6) is 0 Å². The molecule has 0 aliphatic heterocycles. The lowest BCUT2D eigenvalue weighted by molar-refractivity contribution is 0.690. The molecule has 3 aromatic rings. The number of hydrogen-bond donors (Lipinski definition) is 0. The molecule has 0 aliphatic carbocycles. The standard InChI is InChI=1S/C19H15N3O2S/c1-25-16-9-7-15(8-10-16)22-17(14-5-3-2-4-6-14)13-18(23)21(12-11-20)19(22)24/h2-10,13H,12H2,1H3. The van der Waals surface area contributed by atoms with Crippen LogP contribution in [0.15, 0.2) is 75.1 Å². The lowest BCUT2D eigenvalue weighted by atomic mass is 10.1. The lowest BCUT2D eigenvalue weighted by Crippen LogP contribution is -2.39. The van der Waals surface area contributed by atoms with E-state index in [9.17, 15) is 9.59 Å². The highest BCUT2D eigenvalue weighted by Crippen LogP contribution is 2.22. The van der Waals surface area contributed by atoms with Crippen LogP contribution in [0.4, 0.5) is 0 Å². The summed E-state index contributed by atoms with van der Waals surface area (Å²) < 4.78 is 2.41. The SMILES string of the molecule is CSc1ccc(-n2c(-c3ccccc3)cc(=O)n(CC#N)c2=O)cc1.